The number of fused-ring (bicyclic) bond motifs is 2. The first kappa shape index (κ1) is 21.6. The molecule has 7 heteroatoms. The molecule has 0 radical (unpaired) electrons. The number of carbonyl (C=O) groups is 1. The van der Waals surface area contributed by atoms with Crippen LogP contribution in [0.4, 0.5) is 11.4 Å². The summed E-state index contributed by atoms with van der Waals surface area (Å²) in [6, 6.07) is 16.0. The third kappa shape index (κ3) is 3.31. The van der Waals surface area contributed by atoms with Crippen molar-refractivity contribution in [3.8, 4) is 0 Å². The molecule has 0 atom stereocenters. The largest absolute Gasteiger partial charge is 0.398 e. The summed E-state index contributed by atoms with van der Waals surface area (Å²) in [4.78, 5) is 18.2. The van der Waals surface area contributed by atoms with Gasteiger partial charge >= 0.3 is 5.89 Å². The van der Waals surface area contributed by atoms with Crippen LogP contribution < -0.4 is 14.4 Å². The number of nitrogens with zero attached hydrogens (tertiary/aromatic N) is 3. The van der Waals surface area contributed by atoms with Gasteiger partial charge in [0.25, 0.3) is 5.52 Å². The van der Waals surface area contributed by atoms with Crippen molar-refractivity contribution in [2.24, 2.45) is 0 Å². The van der Waals surface area contributed by atoms with E-state index in [-0.39, 0.29) is 5.78 Å². The van der Waals surface area contributed by atoms with Gasteiger partial charge in [0.05, 0.1) is 22.4 Å². The molecule has 0 spiro atoms. The zero-order valence-corrected chi connectivity index (χ0v) is 19.7. The van der Waals surface area contributed by atoms with Gasteiger partial charge in [0.15, 0.2) is 5.78 Å². The highest BCUT2D eigenvalue weighted by Gasteiger charge is 2.37. The Morgan fingerprint density at radius 1 is 0.970 bits per heavy atom. The minimum atomic E-state index is -0.0924. The van der Waals surface area contributed by atoms with E-state index in [0.29, 0.717) is 40.5 Å². The summed E-state index contributed by atoms with van der Waals surface area (Å²) in [5.41, 5.74) is 4.98. The van der Waals surface area contributed by atoms with E-state index in [0.717, 1.165) is 41.4 Å². The van der Waals surface area contributed by atoms with Crippen LogP contribution in [-0.4, -0.2) is 23.4 Å². The van der Waals surface area contributed by atoms with E-state index in [2.05, 4.69) is 35.8 Å². The van der Waals surface area contributed by atoms with Crippen LogP contribution in [0, 0.1) is 0 Å². The number of Topliss-reactive ketones (excluding diaryl/α,β-unsaturated/α-hetero) is 1. The Labute approximate surface area is 197 Å². The van der Waals surface area contributed by atoms with Crippen LogP contribution in [0.25, 0.3) is 17.2 Å². The fourth-order valence-electron chi connectivity index (χ4n) is 4.67. The molecule has 0 fully saturated rings. The molecular formula is C26H26N3O3S+. The van der Waals surface area contributed by atoms with Crippen LogP contribution in [0.15, 0.2) is 80.9 Å². The second-order valence-electron chi connectivity index (χ2n) is 7.85. The fourth-order valence-corrected chi connectivity index (χ4v) is 5.17. The van der Waals surface area contributed by atoms with Crippen molar-refractivity contribution in [3.05, 3.63) is 82.4 Å². The van der Waals surface area contributed by atoms with Gasteiger partial charge in [-0.25, -0.2) is 0 Å². The summed E-state index contributed by atoms with van der Waals surface area (Å²) in [5, 5.41) is 0. The maximum atomic E-state index is 13.2. The molecule has 1 aromatic heterocycles. The number of oxazole rings is 1. The molecule has 5 rings (SSSR count). The third-order valence-electron chi connectivity index (χ3n) is 6.21. The lowest BCUT2D eigenvalue weighted by Crippen LogP contribution is -2.34. The van der Waals surface area contributed by atoms with Crippen molar-refractivity contribution in [2.75, 3.05) is 22.9 Å². The first-order valence-corrected chi connectivity index (χ1v) is 12.0. The van der Waals surface area contributed by atoms with E-state index in [9.17, 15) is 9.35 Å². The molecule has 2 aliphatic rings. The Bertz CT molecular complexity index is 1320. The number of aryl methyl sites for hydroxylation is 1. The number of aromatic nitrogens is 1. The molecule has 2 aromatic carbocycles. The van der Waals surface area contributed by atoms with Crippen molar-refractivity contribution < 1.29 is 18.3 Å². The average molecular weight is 461 g/mol. The van der Waals surface area contributed by atoms with Crippen LogP contribution in [0.2, 0.25) is 0 Å². The van der Waals surface area contributed by atoms with Crippen molar-refractivity contribution in [3.63, 3.8) is 0 Å². The van der Waals surface area contributed by atoms with Gasteiger partial charge in [-0.05, 0) is 45.0 Å². The number of hydrogen-bond acceptors (Lipinski definition) is 6. The second-order valence-corrected chi connectivity index (χ2v) is 8.44. The van der Waals surface area contributed by atoms with Crippen LogP contribution >= 0.6 is 12.0 Å². The normalized spacial score (nSPS) is 16.8. The van der Waals surface area contributed by atoms with Crippen LogP contribution in [-0.2, 0) is 11.3 Å². The molecule has 2 heterocycles. The molecule has 1 N–H and O–H groups in total. The standard InChI is InChI=1S/C26H25N3O3S/c1-4-27-19-11-7-8-12-20(19)28(5-2)23(27)15-17-25(30)18(26(17)33-31)16-24-29(6-3)21-13-9-10-14-22(21)32-24/h7-16H,4-6H2,1-3H3/p+1. The zero-order valence-electron chi connectivity index (χ0n) is 18.9. The lowest BCUT2D eigenvalue weighted by Gasteiger charge is -2.27. The lowest BCUT2D eigenvalue weighted by molar-refractivity contribution is -0.674. The Morgan fingerprint density at radius 2 is 1.61 bits per heavy atom. The molecular weight excluding hydrogens is 434 g/mol. The topological polar surface area (TPSA) is 60.8 Å². The van der Waals surface area contributed by atoms with Gasteiger partial charge in [0.1, 0.15) is 12.4 Å². The van der Waals surface area contributed by atoms with E-state index in [1.165, 1.54) is 0 Å². The number of hydrogen-bond donors (Lipinski definition) is 1. The number of ketones is 1. The van der Waals surface area contributed by atoms with Crippen LogP contribution in [0.3, 0.4) is 0 Å². The Hall–Kier alpha value is -3.29. The van der Waals surface area contributed by atoms with Crippen molar-refractivity contribution in [1.29, 1.82) is 0 Å². The molecule has 0 saturated carbocycles. The number of benzene rings is 2. The smallest absolute Gasteiger partial charge is 0.374 e. The number of allylic oxidation sites excluding steroid dienone is 3. The monoisotopic (exact) mass is 460 g/mol. The Balaban J connectivity index is 1.58. The predicted molar refractivity (Wildman–Crippen MR) is 133 cm³/mol. The minimum absolute atomic E-state index is 0.0924. The van der Waals surface area contributed by atoms with E-state index < -0.39 is 0 Å². The van der Waals surface area contributed by atoms with Gasteiger partial charge in [-0.1, -0.05) is 24.3 Å². The van der Waals surface area contributed by atoms with Gasteiger partial charge in [-0.2, -0.15) is 4.57 Å². The molecule has 0 unspecified atom stereocenters. The van der Waals surface area contributed by atoms with Gasteiger partial charge < -0.3 is 18.8 Å². The second kappa shape index (κ2) is 8.57. The van der Waals surface area contributed by atoms with E-state index in [4.69, 9.17) is 4.42 Å². The summed E-state index contributed by atoms with van der Waals surface area (Å²) in [6.45, 7) is 8.50. The Morgan fingerprint density at radius 3 is 2.21 bits per heavy atom. The molecule has 0 bridgehead atoms. The average Bonchev–Trinajstić information content (AvgIpc) is 3.36. The summed E-state index contributed by atoms with van der Waals surface area (Å²) in [7, 11) is 0. The number of rotatable bonds is 6. The number of carbonyl (C=O) groups excluding carboxylic acids is 1. The molecule has 1 aliphatic heterocycles. The van der Waals surface area contributed by atoms with E-state index >= 15 is 0 Å². The van der Waals surface area contributed by atoms with Gasteiger partial charge in [-0.3, -0.25) is 4.79 Å². The molecule has 3 aromatic rings. The zero-order chi connectivity index (χ0) is 23.1. The summed E-state index contributed by atoms with van der Waals surface area (Å²) >= 11 is 0.614. The minimum Gasteiger partial charge on any atom is -0.398 e. The maximum absolute atomic E-state index is 13.2. The molecule has 0 saturated heterocycles. The molecule has 0 amide bonds. The third-order valence-corrected chi connectivity index (χ3v) is 6.84. The van der Waals surface area contributed by atoms with E-state index in [1.54, 1.807) is 6.08 Å². The number of anilines is 2. The van der Waals surface area contributed by atoms with Crippen molar-refractivity contribution >= 4 is 46.4 Å². The molecule has 6 nitrogen and oxygen atoms in total. The summed E-state index contributed by atoms with van der Waals surface area (Å²) < 4.78 is 18.1. The summed E-state index contributed by atoms with van der Waals surface area (Å²) in [5.74, 6) is 1.45. The molecule has 1 aliphatic carbocycles. The Kier molecular flexibility index (Phi) is 5.60. The predicted octanol–water partition coefficient (Wildman–Crippen LogP) is 5.37. The van der Waals surface area contributed by atoms with Crippen LogP contribution in [0.5, 0.6) is 0 Å². The molecule has 33 heavy (non-hydrogen) atoms. The first-order chi connectivity index (χ1) is 16.1. The lowest BCUT2D eigenvalue weighted by atomic mass is 9.89. The number of para-hydroxylation sites is 4. The highest BCUT2D eigenvalue weighted by molar-refractivity contribution is 7.98. The molecule has 168 valence electrons. The van der Waals surface area contributed by atoms with Gasteiger partial charge in [-0.15, -0.1) is 0 Å². The SMILES string of the molecule is CCN1C(=CC2=C(SO)/C(=C\c3oc4ccccc4[n+]3CC)C2=O)N(CC)c2ccccc21. The van der Waals surface area contributed by atoms with E-state index in [1.807, 2.05) is 54.0 Å². The maximum Gasteiger partial charge on any atom is 0.374 e. The quantitative estimate of drug-likeness (QED) is 0.303. The summed E-state index contributed by atoms with van der Waals surface area (Å²) in [6.07, 6.45) is 3.64. The van der Waals surface area contributed by atoms with Crippen molar-refractivity contribution in [2.45, 2.75) is 27.3 Å². The first-order valence-electron chi connectivity index (χ1n) is 11.2. The van der Waals surface area contributed by atoms with Gasteiger partial charge in [0.2, 0.25) is 5.58 Å². The fraction of sp³-hybridized carbons (Fsp3) is 0.231. The highest BCUT2D eigenvalue weighted by Crippen LogP contribution is 2.44. The highest BCUT2D eigenvalue weighted by atomic mass is 32.2. The van der Waals surface area contributed by atoms with Crippen molar-refractivity contribution in [1.82, 2.24) is 0 Å². The van der Waals surface area contributed by atoms with Crippen LogP contribution in [0.1, 0.15) is 26.7 Å². The van der Waals surface area contributed by atoms with Gasteiger partial charge in [0, 0.05) is 42.3 Å².